The van der Waals surface area contributed by atoms with Crippen molar-refractivity contribution in [2.45, 2.75) is 38.3 Å². The fourth-order valence-corrected chi connectivity index (χ4v) is 3.66. The summed E-state index contributed by atoms with van der Waals surface area (Å²) < 4.78 is 25.7. The van der Waals surface area contributed by atoms with Gasteiger partial charge in [0.2, 0.25) is 5.82 Å². The van der Waals surface area contributed by atoms with Crippen molar-refractivity contribution in [1.82, 2.24) is 25.2 Å². The van der Waals surface area contributed by atoms with E-state index in [0.29, 0.717) is 54.3 Å². The molecule has 31 heavy (non-hydrogen) atoms. The van der Waals surface area contributed by atoms with Gasteiger partial charge in [0.15, 0.2) is 11.7 Å². The summed E-state index contributed by atoms with van der Waals surface area (Å²) in [6.45, 7) is 3.03. The van der Waals surface area contributed by atoms with Gasteiger partial charge in [-0.3, -0.25) is 0 Å². The van der Waals surface area contributed by atoms with E-state index in [1.807, 2.05) is 4.90 Å². The molecule has 0 saturated carbocycles. The Labute approximate surface area is 185 Å². The summed E-state index contributed by atoms with van der Waals surface area (Å²) in [4.78, 5) is 18.7. The summed E-state index contributed by atoms with van der Waals surface area (Å²) in [5.74, 6) is -0.689. The molecule has 1 aromatic carbocycles. The molecule has 2 aromatic heterocycles. The van der Waals surface area contributed by atoms with Gasteiger partial charge in [0.25, 0.3) is 6.01 Å². The summed E-state index contributed by atoms with van der Waals surface area (Å²) in [5.41, 5.74) is 0.378. The van der Waals surface area contributed by atoms with Crippen LogP contribution in [0.1, 0.15) is 32.2 Å². The number of carboxylic acids is 1. The number of tetrazole rings is 1. The smallest absolute Gasteiger partial charge is 0.330 e. The first-order valence-corrected chi connectivity index (χ1v) is 10.6. The molecule has 0 aliphatic carbocycles. The molecule has 3 aromatic rings. The summed E-state index contributed by atoms with van der Waals surface area (Å²) in [6.07, 6.45) is 3.13. The number of piperidine rings is 1. The molecule has 12 heteroatoms. The largest absolute Gasteiger partial charge is 0.489 e. The Bertz CT molecular complexity index is 1070. The van der Waals surface area contributed by atoms with Gasteiger partial charge in [0.1, 0.15) is 23.9 Å². The molecule has 1 atom stereocenters. The molecule has 1 unspecified atom stereocenters. The van der Waals surface area contributed by atoms with Crippen molar-refractivity contribution < 1.29 is 23.4 Å². The van der Waals surface area contributed by atoms with E-state index in [-0.39, 0.29) is 17.7 Å². The Morgan fingerprint density at radius 2 is 2.19 bits per heavy atom. The van der Waals surface area contributed by atoms with Crippen LogP contribution in [0.3, 0.4) is 0 Å². The van der Waals surface area contributed by atoms with Gasteiger partial charge in [-0.25, -0.2) is 9.18 Å². The quantitative estimate of drug-likeness (QED) is 0.527. The molecule has 1 saturated heterocycles. The number of aliphatic carboxylic acids is 1. The zero-order valence-electron chi connectivity index (χ0n) is 16.6. The van der Waals surface area contributed by atoms with E-state index in [2.05, 4.69) is 36.3 Å². The normalized spacial score (nSPS) is 15.8. The first kappa shape index (κ1) is 21.2. The molecule has 1 fully saturated rings. The lowest BCUT2D eigenvalue weighted by Gasteiger charge is -2.31. The molecule has 1 aliphatic heterocycles. The van der Waals surface area contributed by atoms with Crippen LogP contribution in [0.15, 0.2) is 33.4 Å². The third-order valence-electron chi connectivity index (χ3n) is 5.00. The minimum absolute atomic E-state index is 0.0488. The highest BCUT2D eigenvalue weighted by Crippen LogP contribution is 2.30. The number of benzene rings is 1. The molecule has 0 spiro atoms. The predicted octanol–water partition coefficient (Wildman–Crippen LogP) is 3.31. The first-order chi connectivity index (χ1) is 14.9. The lowest BCUT2D eigenvalue weighted by Crippen LogP contribution is -2.38. The highest BCUT2D eigenvalue weighted by Gasteiger charge is 2.26. The average Bonchev–Trinajstić information content (AvgIpc) is 3.42. The number of hydrogen-bond donors (Lipinski definition) is 1. The van der Waals surface area contributed by atoms with Crippen LogP contribution >= 0.6 is 15.9 Å². The Morgan fingerprint density at radius 3 is 2.90 bits per heavy atom. The molecule has 1 N–H and O–H groups in total. The SMILES string of the molecule is CCC(C(=O)O)n1nnc(-c2coc(N3CCC(Oc4cc(F)ccc4Br)CC3)n2)n1. The molecule has 4 rings (SSSR count). The second-order valence-electron chi connectivity index (χ2n) is 7.09. The fourth-order valence-electron chi connectivity index (χ4n) is 3.32. The zero-order chi connectivity index (χ0) is 22.0. The second-order valence-corrected chi connectivity index (χ2v) is 7.94. The van der Waals surface area contributed by atoms with Gasteiger partial charge in [-0.1, -0.05) is 6.92 Å². The van der Waals surface area contributed by atoms with Gasteiger partial charge in [0, 0.05) is 32.0 Å². The molecule has 0 bridgehead atoms. The lowest BCUT2D eigenvalue weighted by molar-refractivity contribution is -0.141. The van der Waals surface area contributed by atoms with Crippen LogP contribution in [0.4, 0.5) is 10.4 Å². The van der Waals surface area contributed by atoms with Crippen LogP contribution in [0.5, 0.6) is 5.75 Å². The zero-order valence-corrected chi connectivity index (χ0v) is 18.2. The van der Waals surface area contributed by atoms with Crippen molar-refractivity contribution in [2.75, 3.05) is 18.0 Å². The van der Waals surface area contributed by atoms with Gasteiger partial charge < -0.3 is 19.2 Å². The van der Waals surface area contributed by atoms with Crippen LogP contribution in [0, 0.1) is 5.82 Å². The molecular formula is C19H20BrFN6O4. The van der Waals surface area contributed by atoms with E-state index in [1.165, 1.54) is 18.4 Å². The third-order valence-corrected chi connectivity index (χ3v) is 5.65. The van der Waals surface area contributed by atoms with Crippen molar-refractivity contribution in [3.8, 4) is 17.3 Å². The Morgan fingerprint density at radius 1 is 1.42 bits per heavy atom. The number of aromatic nitrogens is 5. The number of ether oxygens (including phenoxy) is 1. The summed E-state index contributed by atoms with van der Waals surface area (Å²) in [5, 5.41) is 21.1. The van der Waals surface area contributed by atoms with Gasteiger partial charge in [-0.15, -0.1) is 15.0 Å². The maximum Gasteiger partial charge on any atom is 0.330 e. The maximum atomic E-state index is 13.5. The summed E-state index contributed by atoms with van der Waals surface area (Å²) >= 11 is 3.38. The molecule has 0 radical (unpaired) electrons. The predicted molar refractivity (Wildman–Crippen MR) is 110 cm³/mol. The van der Waals surface area contributed by atoms with E-state index < -0.39 is 12.0 Å². The maximum absolute atomic E-state index is 13.5. The van der Waals surface area contributed by atoms with Crippen LogP contribution < -0.4 is 9.64 Å². The first-order valence-electron chi connectivity index (χ1n) is 9.79. The van der Waals surface area contributed by atoms with Gasteiger partial charge in [-0.2, -0.15) is 4.98 Å². The van der Waals surface area contributed by atoms with Crippen LogP contribution in [-0.4, -0.2) is 55.5 Å². The number of hydrogen-bond acceptors (Lipinski definition) is 8. The number of carbonyl (C=O) groups is 1. The second kappa shape index (κ2) is 9.00. The number of nitrogens with zero attached hydrogens (tertiary/aromatic N) is 6. The molecule has 0 amide bonds. The fraction of sp³-hybridized carbons (Fsp3) is 0.421. The van der Waals surface area contributed by atoms with Crippen LogP contribution in [0.25, 0.3) is 11.5 Å². The highest BCUT2D eigenvalue weighted by molar-refractivity contribution is 9.10. The minimum Gasteiger partial charge on any atom is -0.489 e. The average molecular weight is 495 g/mol. The Hall–Kier alpha value is -3.02. The van der Waals surface area contributed by atoms with Gasteiger partial charge >= 0.3 is 5.97 Å². The van der Waals surface area contributed by atoms with Crippen molar-refractivity contribution in [1.29, 1.82) is 0 Å². The number of carboxylic acid groups (broad SMARTS) is 1. The van der Waals surface area contributed by atoms with Crippen molar-refractivity contribution in [2.24, 2.45) is 0 Å². The number of halogens is 2. The lowest BCUT2D eigenvalue weighted by atomic mass is 10.1. The minimum atomic E-state index is -1.03. The number of rotatable bonds is 7. The van der Waals surface area contributed by atoms with Crippen LogP contribution in [-0.2, 0) is 4.79 Å². The van der Waals surface area contributed by atoms with E-state index in [0.717, 1.165) is 4.80 Å². The molecule has 3 heterocycles. The molecule has 10 nitrogen and oxygen atoms in total. The Balaban J connectivity index is 1.38. The van der Waals surface area contributed by atoms with Gasteiger partial charge in [0.05, 0.1) is 4.47 Å². The van der Waals surface area contributed by atoms with Crippen molar-refractivity contribution in [3.05, 3.63) is 34.8 Å². The Kier molecular flexibility index (Phi) is 6.16. The standard InChI is InChI=1S/C19H20BrFN6O4/c1-2-15(18(28)29)27-24-17(23-25-27)14-10-30-19(22-14)26-7-5-12(6-8-26)31-16-9-11(21)3-4-13(16)20/h3-4,9-10,12,15H,2,5-8H2,1H3,(H,28,29). The van der Waals surface area contributed by atoms with Crippen LogP contribution in [0.2, 0.25) is 0 Å². The van der Waals surface area contributed by atoms with Crippen molar-refractivity contribution in [3.63, 3.8) is 0 Å². The molecule has 164 valence electrons. The van der Waals surface area contributed by atoms with Crippen molar-refractivity contribution >= 4 is 27.9 Å². The van der Waals surface area contributed by atoms with E-state index >= 15 is 0 Å². The van der Waals surface area contributed by atoms with E-state index in [4.69, 9.17) is 9.15 Å². The third kappa shape index (κ3) is 4.68. The summed E-state index contributed by atoms with van der Waals surface area (Å²) in [7, 11) is 0. The van der Waals surface area contributed by atoms with Gasteiger partial charge in [-0.05, 0) is 39.7 Å². The summed E-state index contributed by atoms with van der Waals surface area (Å²) in [6, 6.07) is 3.89. The monoisotopic (exact) mass is 494 g/mol. The molecular weight excluding hydrogens is 475 g/mol. The highest BCUT2D eigenvalue weighted by atomic mass is 79.9. The number of oxazole rings is 1. The van der Waals surface area contributed by atoms with E-state index in [1.54, 1.807) is 13.0 Å². The van der Waals surface area contributed by atoms with E-state index in [9.17, 15) is 14.3 Å². The number of anilines is 1. The topological polar surface area (TPSA) is 119 Å². The molecule has 1 aliphatic rings.